The van der Waals surface area contributed by atoms with Gasteiger partial charge in [0.25, 0.3) is 0 Å². The zero-order valence-electron chi connectivity index (χ0n) is 10.9. The van der Waals surface area contributed by atoms with Crippen molar-refractivity contribution in [3.8, 4) is 5.75 Å². The summed E-state index contributed by atoms with van der Waals surface area (Å²) >= 11 is 0. The quantitative estimate of drug-likeness (QED) is 0.855. The maximum Gasteiger partial charge on any atom is 0.328 e. The monoisotopic (exact) mass is 290 g/mol. The van der Waals surface area contributed by atoms with E-state index in [0.717, 1.165) is 35.4 Å². The van der Waals surface area contributed by atoms with E-state index >= 15 is 0 Å². The topological polar surface area (TPSA) is 46.5 Å². The van der Waals surface area contributed by atoms with Crippen molar-refractivity contribution in [3.05, 3.63) is 71.3 Å². The van der Waals surface area contributed by atoms with Crippen LogP contribution in [0.5, 0.6) is 5.75 Å². The van der Waals surface area contributed by atoms with E-state index in [0.29, 0.717) is 0 Å². The lowest BCUT2D eigenvalue weighted by atomic mass is 10.1. The fourth-order valence-electron chi connectivity index (χ4n) is 1.64. The lowest BCUT2D eigenvalue weighted by Crippen LogP contribution is -1.98. The van der Waals surface area contributed by atoms with Gasteiger partial charge >= 0.3 is 5.97 Å². The van der Waals surface area contributed by atoms with Crippen molar-refractivity contribution in [2.75, 3.05) is 0 Å². The predicted molar refractivity (Wildman–Crippen MR) is 73.8 cm³/mol. The van der Waals surface area contributed by atoms with Gasteiger partial charge in [0.2, 0.25) is 0 Å². The molecule has 0 amide bonds. The van der Waals surface area contributed by atoms with Crippen LogP contribution < -0.4 is 4.74 Å². The Balaban J connectivity index is 2.00. The first-order chi connectivity index (χ1) is 10.0. The number of ether oxygens (including phenoxy) is 1. The fourth-order valence-corrected chi connectivity index (χ4v) is 1.64. The van der Waals surface area contributed by atoms with Gasteiger partial charge in [0.15, 0.2) is 11.6 Å². The van der Waals surface area contributed by atoms with Crippen molar-refractivity contribution in [2.24, 2.45) is 0 Å². The van der Waals surface area contributed by atoms with Crippen molar-refractivity contribution < 1.29 is 23.4 Å². The van der Waals surface area contributed by atoms with Crippen LogP contribution in [0.3, 0.4) is 0 Å². The molecule has 0 aromatic heterocycles. The van der Waals surface area contributed by atoms with Crippen LogP contribution in [-0.2, 0) is 11.4 Å². The van der Waals surface area contributed by atoms with Gasteiger partial charge in [0.1, 0.15) is 12.4 Å². The van der Waals surface area contributed by atoms with Crippen LogP contribution in [0, 0.1) is 11.6 Å². The molecule has 0 fully saturated rings. The zero-order valence-corrected chi connectivity index (χ0v) is 10.9. The summed E-state index contributed by atoms with van der Waals surface area (Å²) in [6.07, 6.45) is 2.49. The second-order valence-electron chi connectivity index (χ2n) is 4.28. The Bertz CT molecular complexity index is 664. The van der Waals surface area contributed by atoms with E-state index in [-0.39, 0.29) is 12.4 Å². The molecule has 21 heavy (non-hydrogen) atoms. The summed E-state index contributed by atoms with van der Waals surface area (Å²) in [6.45, 7) is 0.0866. The number of benzene rings is 2. The number of carboxylic acids is 1. The molecule has 5 heteroatoms. The van der Waals surface area contributed by atoms with Crippen LogP contribution in [-0.4, -0.2) is 11.1 Å². The van der Waals surface area contributed by atoms with E-state index in [1.807, 2.05) is 0 Å². The number of hydrogen-bond acceptors (Lipinski definition) is 2. The molecule has 2 aromatic rings. The number of hydrogen-bond donors (Lipinski definition) is 1. The standard InChI is InChI=1S/C16H12F2O3/c17-13-6-7-14(18)15(9-13)21-10-12-3-1-11(2-4-12)5-8-16(19)20/h1-9H,10H2,(H,19,20). The number of halogens is 2. The summed E-state index contributed by atoms with van der Waals surface area (Å²) < 4.78 is 31.5. The van der Waals surface area contributed by atoms with Crippen molar-refractivity contribution in [1.29, 1.82) is 0 Å². The largest absolute Gasteiger partial charge is 0.486 e. The summed E-state index contributed by atoms with van der Waals surface area (Å²) in [7, 11) is 0. The first-order valence-corrected chi connectivity index (χ1v) is 6.12. The highest BCUT2D eigenvalue weighted by atomic mass is 19.1. The first-order valence-electron chi connectivity index (χ1n) is 6.12. The van der Waals surface area contributed by atoms with Crippen LogP contribution in [0.15, 0.2) is 48.5 Å². The molecule has 3 nitrogen and oxygen atoms in total. The maximum atomic E-state index is 13.4. The van der Waals surface area contributed by atoms with E-state index < -0.39 is 17.6 Å². The molecular formula is C16H12F2O3. The van der Waals surface area contributed by atoms with E-state index in [1.54, 1.807) is 24.3 Å². The van der Waals surface area contributed by atoms with E-state index in [1.165, 1.54) is 6.08 Å². The van der Waals surface area contributed by atoms with Gasteiger partial charge in [-0.3, -0.25) is 0 Å². The predicted octanol–water partition coefficient (Wildman–Crippen LogP) is 3.64. The third-order valence-electron chi connectivity index (χ3n) is 2.69. The van der Waals surface area contributed by atoms with Crippen LogP contribution in [0.2, 0.25) is 0 Å². The normalized spacial score (nSPS) is 10.8. The second kappa shape index (κ2) is 6.65. The highest BCUT2D eigenvalue weighted by molar-refractivity contribution is 5.85. The molecule has 1 N–H and O–H groups in total. The maximum absolute atomic E-state index is 13.4. The molecule has 2 aromatic carbocycles. The molecule has 0 aliphatic carbocycles. The number of carbonyl (C=O) groups is 1. The SMILES string of the molecule is O=C(O)C=Cc1ccc(COc2cc(F)ccc2F)cc1. The van der Waals surface area contributed by atoms with E-state index in [9.17, 15) is 13.6 Å². The average molecular weight is 290 g/mol. The minimum absolute atomic E-state index is 0.0866. The average Bonchev–Trinajstić information content (AvgIpc) is 2.47. The number of rotatable bonds is 5. The van der Waals surface area contributed by atoms with Crippen LogP contribution in [0.1, 0.15) is 11.1 Å². The van der Waals surface area contributed by atoms with Crippen LogP contribution >= 0.6 is 0 Å². The van der Waals surface area contributed by atoms with Gasteiger partial charge in [0.05, 0.1) is 0 Å². The molecule has 0 atom stereocenters. The Morgan fingerprint density at radius 3 is 2.52 bits per heavy atom. The van der Waals surface area contributed by atoms with E-state index in [4.69, 9.17) is 9.84 Å². The first kappa shape index (κ1) is 14.7. The highest BCUT2D eigenvalue weighted by Gasteiger charge is 2.05. The highest BCUT2D eigenvalue weighted by Crippen LogP contribution is 2.19. The Morgan fingerprint density at radius 1 is 1.14 bits per heavy atom. The zero-order chi connectivity index (χ0) is 15.2. The second-order valence-corrected chi connectivity index (χ2v) is 4.28. The van der Waals surface area contributed by atoms with Gasteiger partial charge in [-0.1, -0.05) is 24.3 Å². The molecule has 108 valence electrons. The van der Waals surface area contributed by atoms with Gasteiger partial charge in [-0.2, -0.15) is 0 Å². The minimum atomic E-state index is -1.02. The van der Waals surface area contributed by atoms with Gasteiger partial charge in [0, 0.05) is 12.1 Å². The van der Waals surface area contributed by atoms with Gasteiger partial charge in [-0.15, -0.1) is 0 Å². The fraction of sp³-hybridized carbons (Fsp3) is 0.0625. The summed E-state index contributed by atoms with van der Waals surface area (Å²) in [5.41, 5.74) is 1.48. The third kappa shape index (κ3) is 4.42. The number of carboxylic acid groups (broad SMARTS) is 1. The van der Waals surface area contributed by atoms with Crippen LogP contribution in [0.25, 0.3) is 6.08 Å². The van der Waals surface area contributed by atoms with Gasteiger partial charge in [-0.05, 0) is 29.3 Å². The van der Waals surface area contributed by atoms with Crippen LogP contribution in [0.4, 0.5) is 8.78 Å². The molecule has 0 unspecified atom stereocenters. The molecule has 0 saturated carbocycles. The summed E-state index contributed by atoms with van der Waals surface area (Å²) in [4.78, 5) is 10.4. The number of aliphatic carboxylic acids is 1. The summed E-state index contributed by atoms with van der Waals surface area (Å²) in [5.74, 6) is -2.37. The molecule has 0 heterocycles. The Kier molecular flexibility index (Phi) is 4.66. The van der Waals surface area contributed by atoms with Crippen molar-refractivity contribution in [2.45, 2.75) is 6.61 Å². The van der Waals surface area contributed by atoms with Crippen molar-refractivity contribution >= 4 is 12.0 Å². The molecule has 0 aliphatic heterocycles. The van der Waals surface area contributed by atoms with Crippen molar-refractivity contribution in [1.82, 2.24) is 0 Å². The Morgan fingerprint density at radius 2 is 1.86 bits per heavy atom. The lowest BCUT2D eigenvalue weighted by molar-refractivity contribution is -0.131. The van der Waals surface area contributed by atoms with Crippen molar-refractivity contribution in [3.63, 3.8) is 0 Å². The molecule has 0 radical (unpaired) electrons. The third-order valence-corrected chi connectivity index (χ3v) is 2.69. The van der Waals surface area contributed by atoms with Gasteiger partial charge < -0.3 is 9.84 Å². The molecular weight excluding hydrogens is 278 g/mol. The Hall–Kier alpha value is -2.69. The van der Waals surface area contributed by atoms with Gasteiger partial charge in [-0.25, -0.2) is 13.6 Å². The lowest BCUT2D eigenvalue weighted by Gasteiger charge is -2.07. The smallest absolute Gasteiger partial charge is 0.328 e. The molecule has 0 aliphatic rings. The minimum Gasteiger partial charge on any atom is -0.486 e. The van der Waals surface area contributed by atoms with E-state index in [2.05, 4.69) is 0 Å². The molecule has 0 spiro atoms. The molecule has 0 bridgehead atoms. The molecule has 0 saturated heterocycles. The summed E-state index contributed by atoms with van der Waals surface area (Å²) in [5, 5.41) is 8.52. The summed E-state index contributed by atoms with van der Waals surface area (Å²) in [6, 6.07) is 9.87. The Labute approximate surface area is 120 Å². The molecule has 2 rings (SSSR count).